The Hall–Kier alpha value is -1.05. The molecule has 0 saturated carbocycles. The lowest BCUT2D eigenvalue weighted by Gasteiger charge is -2.28. The average molecular weight is 272 g/mol. The molecule has 100 valence electrons. The molecule has 0 aromatic rings. The molecule has 0 aliphatic rings. The fourth-order valence-electron chi connectivity index (χ4n) is 1.31. The van der Waals surface area contributed by atoms with E-state index in [1.165, 1.54) is 6.92 Å². The molecule has 0 N–H and O–H groups in total. The molecule has 0 fully saturated rings. The number of carbonyl (C=O) groups is 2. The number of carbonyl (C=O) groups excluding carboxylic acids is 2. The fraction of sp³-hybridized carbons (Fsp3) is 0.778. The van der Waals surface area contributed by atoms with Crippen molar-refractivity contribution in [2.24, 2.45) is 0 Å². The van der Waals surface area contributed by atoms with Crippen molar-refractivity contribution in [3.63, 3.8) is 0 Å². The Morgan fingerprint density at radius 1 is 1.18 bits per heavy atom. The van der Waals surface area contributed by atoms with Crippen LogP contribution in [0.2, 0.25) is 12.1 Å². The first-order valence-corrected chi connectivity index (χ1v) is 7.39. The zero-order valence-electron chi connectivity index (χ0n) is 9.89. The van der Waals surface area contributed by atoms with Crippen LogP contribution in [0.5, 0.6) is 0 Å². The van der Waals surface area contributed by atoms with Crippen LogP contribution in [0.25, 0.3) is 0 Å². The first kappa shape index (κ1) is 15.9. The molecule has 1 atom stereocenters. The third kappa shape index (κ3) is 5.20. The predicted octanol–water partition coefficient (Wildman–Crippen LogP) is 2.53. The van der Waals surface area contributed by atoms with Crippen molar-refractivity contribution in [2.75, 3.05) is 0 Å². The first-order chi connectivity index (χ1) is 7.67. The van der Waals surface area contributed by atoms with E-state index in [0.29, 0.717) is 6.42 Å². The zero-order chi connectivity index (χ0) is 13.7. The van der Waals surface area contributed by atoms with Gasteiger partial charge in [0.15, 0.2) is 0 Å². The molecule has 0 spiro atoms. The Morgan fingerprint density at radius 2 is 1.71 bits per heavy atom. The summed E-state index contributed by atoms with van der Waals surface area (Å²) < 4.78 is 45.6. The average Bonchev–Trinajstić information content (AvgIpc) is 2.15. The molecule has 0 saturated heterocycles. The summed E-state index contributed by atoms with van der Waals surface area (Å²) in [6, 6.07) is 0.257. The lowest BCUT2D eigenvalue weighted by atomic mass is 10.6. The Morgan fingerprint density at radius 3 is 2.00 bits per heavy atom. The maximum atomic E-state index is 12.1. The molecular weight excluding hydrogens is 257 g/mol. The normalized spacial score (nSPS) is 14.9. The third-order valence-corrected chi connectivity index (χ3v) is 5.57. The van der Waals surface area contributed by atoms with Crippen LogP contribution in [0, 0.1) is 0 Å². The molecule has 0 rings (SSSR count). The summed E-state index contributed by atoms with van der Waals surface area (Å²) in [7, 11) is -3.42. The Kier molecular flexibility index (Phi) is 5.66. The summed E-state index contributed by atoms with van der Waals surface area (Å²) in [4.78, 5) is 21.7. The van der Waals surface area contributed by atoms with Gasteiger partial charge in [-0.25, -0.2) is 4.79 Å². The van der Waals surface area contributed by atoms with E-state index < -0.39 is 26.7 Å². The van der Waals surface area contributed by atoms with E-state index in [1.54, 1.807) is 6.92 Å². The second kappa shape index (κ2) is 6.04. The summed E-state index contributed by atoms with van der Waals surface area (Å²) >= 11 is 0. The van der Waals surface area contributed by atoms with Crippen LogP contribution < -0.4 is 0 Å². The van der Waals surface area contributed by atoms with Crippen LogP contribution in [0.15, 0.2) is 0 Å². The molecule has 17 heavy (non-hydrogen) atoms. The van der Waals surface area contributed by atoms with E-state index in [0.717, 1.165) is 6.92 Å². The molecule has 0 heterocycles. The Balaban J connectivity index is 4.91. The Bertz CT molecular complexity index is 292. The fourth-order valence-corrected chi connectivity index (χ4v) is 3.94. The molecule has 0 aromatic carbocycles. The second-order valence-corrected chi connectivity index (χ2v) is 6.93. The van der Waals surface area contributed by atoms with Gasteiger partial charge in [0.25, 0.3) is 5.97 Å². The minimum absolute atomic E-state index is 0.0994. The highest BCUT2D eigenvalue weighted by molar-refractivity contribution is 6.70. The highest BCUT2D eigenvalue weighted by Gasteiger charge is 2.49. The molecule has 0 radical (unpaired) electrons. The van der Waals surface area contributed by atoms with Crippen LogP contribution in [0.4, 0.5) is 13.2 Å². The minimum Gasteiger partial charge on any atom is -0.485 e. The topological polar surface area (TPSA) is 52.6 Å². The van der Waals surface area contributed by atoms with Gasteiger partial charge in [-0.1, -0.05) is 20.3 Å². The van der Waals surface area contributed by atoms with Gasteiger partial charge >= 0.3 is 20.7 Å². The van der Waals surface area contributed by atoms with E-state index >= 15 is 0 Å². The van der Waals surface area contributed by atoms with Gasteiger partial charge in [0.05, 0.1) is 0 Å². The molecule has 8 heteroatoms. The summed E-state index contributed by atoms with van der Waals surface area (Å²) in [6.07, 6.45) is -4.60. The first-order valence-electron chi connectivity index (χ1n) is 5.16. The monoisotopic (exact) mass is 272 g/mol. The smallest absolute Gasteiger partial charge is 0.485 e. The van der Waals surface area contributed by atoms with Gasteiger partial charge < -0.3 is 8.85 Å². The second-order valence-electron chi connectivity index (χ2n) is 3.50. The lowest BCUT2D eigenvalue weighted by molar-refractivity contribution is -0.192. The quantitative estimate of drug-likeness (QED) is 0.722. The van der Waals surface area contributed by atoms with Crippen molar-refractivity contribution in [3.8, 4) is 0 Å². The van der Waals surface area contributed by atoms with Gasteiger partial charge in [-0.3, -0.25) is 4.79 Å². The minimum atomic E-state index is -5.07. The van der Waals surface area contributed by atoms with Crippen molar-refractivity contribution >= 4 is 20.5 Å². The molecule has 0 aliphatic heterocycles. The maximum absolute atomic E-state index is 12.1. The van der Waals surface area contributed by atoms with Gasteiger partial charge in [0.1, 0.15) is 0 Å². The van der Waals surface area contributed by atoms with Gasteiger partial charge in [-0.15, -0.1) is 0 Å². The summed E-state index contributed by atoms with van der Waals surface area (Å²) in [5.74, 6) is -3.03. The van der Waals surface area contributed by atoms with E-state index in [4.69, 9.17) is 4.43 Å². The van der Waals surface area contributed by atoms with Crippen LogP contribution in [-0.4, -0.2) is 26.7 Å². The molecule has 0 amide bonds. The molecule has 0 bridgehead atoms. The van der Waals surface area contributed by atoms with E-state index in [2.05, 4.69) is 4.43 Å². The Labute approximate surface area is 98.3 Å². The van der Waals surface area contributed by atoms with Crippen molar-refractivity contribution in [3.05, 3.63) is 0 Å². The summed E-state index contributed by atoms with van der Waals surface area (Å²) in [5.41, 5.74) is 0. The highest BCUT2D eigenvalue weighted by Crippen LogP contribution is 2.26. The molecule has 0 aliphatic carbocycles. The number of hydrogen-bond donors (Lipinski definition) is 0. The van der Waals surface area contributed by atoms with Gasteiger partial charge in [-0.2, -0.15) is 13.2 Å². The van der Waals surface area contributed by atoms with E-state index in [1.807, 2.05) is 0 Å². The van der Waals surface area contributed by atoms with Gasteiger partial charge in [-0.05, 0) is 0 Å². The van der Waals surface area contributed by atoms with Gasteiger partial charge in [0, 0.05) is 19.0 Å². The SMILES string of the molecule is CCC[Si](CC)(OC(C)=O)OC(=O)C(F)(F)F. The van der Waals surface area contributed by atoms with E-state index in [9.17, 15) is 22.8 Å². The van der Waals surface area contributed by atoms with Gasteiger partial charge in [0.2, 0.25) is 0 Å². The van der Waals surface area contributed by atoms with Crippen LogP contribution in [0.1, 0.15) is 27.2 Å². The maximum Gasteiger partial charge on any atom is 0.489 e. The zero-order valence-corrected chi connectivity index (χ0v) is 10.9. The summed E-state index contributed by atoms with van der Waals surface area (Å²) in [6.45, 7) is 4.32. The molecule has 4 nitrogen and oxygen atoms in total. The number of rotatable bonds is 5. The van der Waals surface area contributed by atoms with Crippen molar-refractivity contribution < 1.29 is 31.6 Å². The molecule has 1 unspecified atom stereocenters. The standard InChI is InChI=1S/C9H15F3O4Si/c1-4-6-17(5-2,15-7(3)13)16-8(14)9(10,11)12/h4-6H2,1-3H3. The number of alkyl halides is 3. The third-order valence-electron chi connectivity index (χ3n) is 2.01. The number of halogens is 3. The van der Waals surface area contributed by atoms with Crippen LogP contribution >= 0.6 is 0 Å². The predicted molar refractivity (Wildman–Crippen MR) is 55.2 cm³/mol. The van der Waals surface area contributed by atoms with Crippen molar-refractivity contribution in [1.29, 1.82) is 0 Å². The van der Waals surface area contributed by atoms with E-state index in [-0.39, 0.29) is 12.1 Å². The molecule has 0 aromatic heterocycles. The largest absolute Gasteiger partial charge is 0.489 e. The molecular formula is C9H15F3O4Si. The summed E-state index contributed by atoms with van der Waals surface area (Å²) in [5, 5.41) is 0. The van der Waals surface area contributed by atoms with Crippen LogP contribution in [0.3, 0.4) is 0 Å². The van der Waals surface area contributed by atoms with Crippen molar-refractivity contribution in [1.82, 2.24) is 0 Å². The highest BCUT2D eigenvalue weighted by atomic mass is 28.4. The van der Waals surface area contributed by atoms with Crippen molar-refractivity contribution in [2.45, 2.75) is 45.5 Å². The van der Waals surface area contributed by atoms with Crippen LogP contribution in [-0.2, 0) is 18.4 Å². The number of hydrogen-bond acceptors (Lipinski definition) is 4. The lowest BCUT2D eigenvalue weighted by Crippen LogP contribution is -2.47.